The van der Waals surface area contributed by atoms with Gasteiger partial charge in [-0.25, -0.2) is 0 Å². The molecule has 4 nitrogen and oxygen atoms in total. The van der Waals surface area contributed by atoms with Gasteiger partial charge in [-0.2, -0.15) is 18.2 Å². The largest absolute Gasteiger partial charge is 0.416 e. The van der Waals surface area contributed by atoms with Crippen LogP contribution in [0.25, 0.3) is 11.4 Å². The zero-order chi connectivity index (χ0) is 18.0. The molecule has 1 aromatic heterocycles. The minimum absolute atomic E-state index is 0.139. The third-order valence-corrected chi connectivity index (χ3v) is 5.44. The summed E-state index contributed by atoms with van der Waals surface area (Å²) in [5.74, 6) is 0.486. The molecule has 9 heteroatoms. The lowest BCUT2D eigenvalue weighted by atomic mass is 10.1. The molecule has 1 aliphatic rings. The van der Waals surface area contributed by atoms with Crippen LogP contribution in [0.4, 0.5) is 13.2 Å². The maximum absolute atomic E-state index is 12.8. The van der Waals surface area contributed by atoms with Crippen molar-refractivity contribution in [3.05, 3.63) is 35.7 Å². The third kappa shape index (κ3) is 4.33. The molecule has 1 atom stereocenters. The molecule has 0 amide bonds. The van der Waals surface area contributed by atoms with Gasteiger partial charge >= 0.3 is 6.18 Å². The fraction of sp³-hybridized carbons (Fsp3) is 0.438. The maximum Gasteiger partial charge on any atom is 0.416 e. The van der Waals surface area contributed by atoms with Crippen molar-refractivity contribution in [2.75, 3.05) is 13.1 Å². The van der Waals surface area contributed by atoms with Crippen molar-refractivity contribution in [2.24, 2.45) is 0 Å². The molecule has 0 spiro atoms. The Kier molecular flexibility index (Phi) is 5.33. The van der Waals surface area contributed by atoms with E-state index in [2.05, 4.69) is 15.0 Å². The Morgan fingerprint density at radius 3 is 2.72 bits per heavy atom. The van der Waals surface area contributed by atoms with Gasteiger partial charge in [0.05, 0.1) is 10.8 Å². The van der Waals surface area contributed by atoms with E-state index < -0.39 is 11.7 Å². The Bertz CT molecular complexity index is 757. The summed E-state index contributed by atoms with van der Waals surface area (Å²) in [5.41, 5.74) is -0.474. The number of rotatable bonds is 3. The number of alkyl halides is 3. The summed E-state index contributed by atoms with van der Waals surface area (Å²) in [5, 5.41) is 3.65. The van der Waals surface area contributed by atoms with Crippen molar-refractivity contribution in [3.8, 4) is 11.4 Å². The normalized spacial score (nSPS) is 16.2. The van der Waals surface area contributed by atoms with Gasteiger partial charge in [0.2, 0.25) is 11.7 Å². The van der Waals surface area contributed by atoms with Crippen LogP contribution in [0.5, 0.6) is 0 Å². The SMILES string of the molecule is CC(SC(=S)N1CCCC1)c1nc(-c2cccc(C(F)(F)F)c2)no1. The van der Waals surface area contributed by atoms with Crippen LogP contribution in [0.15, 0.2) is 28.8 Å². The summed E-state index contributed by atoms with van der Waals surface area (Å²) in [7, 11) is 0. The quantitative estimate of drug-likeness (QED) is 0.696. The zero-order valence-corrected chi connectivity index (χ0v) is 15.0. The van der Waals surface area contributed by atoms with Crippen molar-refractivity contribution in [2.45, 2.75) is 31.2 Å². The number of nitrogens with zero attached hydrogens (tertiary/aromatic N) is 3. The summed E-state index contributed by atoms with van der Waals surface area (Å²) >= 11 is 6.87. The van der Waals surface area contributed by atoms with Gasteiger partial charge in [0.15, 0.2) is 0 Å². The van der Waals surface area contributed by atoms with E-state index in [4.69, 9.17) is 16.7 Å². The second-order valence-corrected chi connectivity index (χ2v) is 7.73. The maximum atomic E-state index is 12.8. The molecule has 3 rings (SSSR count). The van der Waals surface area contributed by atoms with E-state index in [0.717, 1.165) is 42.4 Å². The Balaban J connectivity index is 1.72. The van der Waals surface area contributed by atoms with E-state index in [9.17, 15) is 13.2 Å². The highest BCUT2D eigenvalue weighted by atomic mass is 32.2. The molecule has 1 unspecified atom stereocenters. The molecule has 0 aliphatic carbocycles. The molecule has 0 radical (unpaired) electrons. The molecular formula is C16H16F3N3OS2. The third-order valence-electron chi connectivity index (χ3n) is 3.88. The van der Waals surface area contributed by atoms with E-state index in [1.807, 2.05) is 6.92 Å². The van der Waals surface area contributed by atoms with E-state index in [-0.39, 0.29) is 16.6 Å². The van der Waals surface area contributed by atoms with Gasteiger partial charge in [0, 0.05) is 18.7 Å². The van der Waals surface area contributed by atoms with Gasteiger partial charge in [-0.05, 0) is 31.9 Å². The topological polar surface area (TPSA) is 42.2 Å². The number of hydrogen-bond donors (Lipinski definition) is 0. The van der Waals surface area contributed by atoms with Crippen molar-refractivity contribution in [1.29, 1.82) is 0 Å². The van der Waals surface area contributed by atoms with Gasteiger partial charge in [0.1, 0.15) is 4.32 Å². The Morgan fingerprint density at radius 1 is 1.32 bits per heavy atom. The van der Waals surface area contributed by atoms with Crippen LogP contribution in [0.2, 0.25) is 0 Å². The summed E-state index contributed by atoms with van der Waals surface area (Å²) in [6.07, 6.45) is -2.14. The highest BCUT2D eigenvalue weighted by Gasteiger charge is 2.31. The van der Waals surface area contributed by atoms with Crippen LogP contribution in [-0.2, 0) is 6.18 Å². The van der Waals surface area contributed by atoms with E-state index >= 15 is 0 Å². The first-order valence-electron chi connectivity index (χ1n) is 7.81. The predicted molar refractivity (Wildman–Crippen MR) is 94.1 cm³/mol. The predicted octanol–water partition coefficient (Wildman–Crippen LogP) is 4.93. The minimum atomic E-state index is -4.41. The first-order chi connectivity index (χ1) is 11.8. The number of thiocarbonyl (C=S) groups is 1. The Labute approximate surface area is 152 Å². The molecule has 134 valence electrons. The number of hydrogen-bond acceptors (Lipinski definition) is 5. The second-order valence-electron chi connectivity index (χ2n) is 5.75. The zero-order valence-electron chi connectivity index (χ0n) is 13.4. The lowest BCUT2D eigenvalue weighted by Gasteiger charge is -2.19. The van der Waals surface area contributed by atoms with Gasteiger partial charge < -0.3 is 9.42 Å². The van der Waals surface area contributed by atoms with E-state index in [1.165, 1.54) is 23.9 Å². The van der Waals surface area contributed by atoms with Crippen molar-refractivity contribution in [3.63, 3.8) is 0 Å². The molecular weight excluding hydrogens is 371 g/mol. The molecule has 1 fully saturated rings. The average molecular weight is 387 g/mol. The Hall–Kier alpha value is -1.61. The molecule has 0 bridgehead atoms. The van der Waals surface area contributed by atoms with Gasteiger partial charge in [-0.3, -0.25) is 0 Å². The highest BCUT2D eigenvalue weighted by Crippen LogP contribution is 2.34. The minimum Gasteiger partial charge on any atom is -0.358 e. The second kappa shape index (κ2) is 7.33. The molecule has 1 aromatic carbocycles. The fourth-order valence-electron chi connectivity index (χ4n) is 2.53. The lowest BCUT2D eigenvalue weighted by molar-refractivity contribution is -0.137. The van der Waals surface area contributed by atoms with E-state index in [1.54, 1.807) is 0 Å². The van der Waals surface area contributed by atoms with Crippen LogP contribution >= 0.6 is 24.0 Å². The molecule has 25 heavy (non-hydrogen) atoms. The smallest absolute Gasteiger partial charge is 0.358 e. The lowest BCUT2D eigenvalue weighted by Crippen LogP contribution is -2.23. The highest BCUT2D eigenvalue weighted by molar-refractivity contribution is 8.23. The van der Waals surface area contributed by atoms with Gasteiger partial charge in [-0.15, -0.1) is 0 Å². The molecule has 2 heterocycles. The number of likely N-dealkylation sites (tertiary alicyclic amines) is 1. The van der Waals surface area contributed by atoms with Crippen LogP contribution in [0.1, 0.15) is 36.5 Å². The molecule has 1 saturated heterocycles. The fourth-order valence-corrected chi connectivity index (χ4v) is 3.97. The number of thioether (sulfide) groups is 1. The number of aromatic nitrogens is 2. The number of benzene rings is 1. The average Bonchev–Trinajstić information content (AvgIpc) is 3.26. The summed E-state index contributed by atoms with van der Waals surface area (Å²) in [4.78, 5) is 6.38. The van der Waals surface area contributed by atoms with Crippen molar-refractivity contribution < 1.29 is 17.7 Å². The molecule has 0 N–H and O–H groups in total. The summed E-state index contributed by atoms with van der Waals surface area (Å²) < 4.78 is 44.5. The first kappa shape index (κ1) is 18.2. The number of halogens is 3. The van der Waals surface area contributed by atoms with Crippen molar-refractivity contribution >= 4 is 28.3 Å². The standard InChI is InChI=1S/C16H16F3N3OS2/c1-10(25-15(24)22-7-2-3-8-22)14-20-13(21-23-14)11-5-4-6-12(9-11)16(17,18)19/h4-6,9-10H,2-3,7-8H2,1H3. The van der Waals surface area contributed by atoms with Gasteiger partial charge in [-0.1, -0.05) is 41.3 Å². The summed E-state index contributed by atoms with van der Waals surface area (Å²) in [6.45, 7) is 3.80. The van der Waals surface area contributed by atoms with Crippen molar-refractivity contribution in [1.82, 2.24) is 15.0 Å². The van der Waals surface area contributed by atoms with Crippen LogP contribution in [-0.4, -0.2) is 32.5 Å². The Morgan fingerprint density at radius 2 is 2.04 bits per heavy atom. The molecule has 2 aromatic rings. The molecule has 1 aliphatic heterocycles. The van der Waals surface area contributed by atoms with Gasteiger partial charge in [0.25, 0.3) is 0 Å². The van der Waals surface area contributed by atoms with E-state index in [0.29, 0.717) is 5.89 Å². The monoisotopic (exact) mass is 387 g/mol. The van der Waals surface area contributed by atoms with Crippen LogP contribution < -0.4 is 0 Å². The molecule has 0 saturated carbocycles. The van der Waals surface area contributed by atoms with Crippen LogP contribution in [0.3, 0.4) is 0 Å². The van der Waals surface area contributed by atoms with Crippen LogP contribution in [0, 0.1) is 0 Å². The summed E-state index contributed by atoms with van der Waals surface area (Å²) in [6, 6.07) is 4.88. The first-order valence-corrected chi connectivity index (χ1v) is 9.10.